The minimum absolute atomic E-state index is 0.125. The van der Waals surface area contributed by atoms with Gasteiger partial charge in [-0.1, -0.05) is 18.2 Å². The van der Waals surface area contributed by atoms with E-state index >= 15 is 0 Å². The summed E-state index contributed by atoms with van der Waals surface area (Å²) in [5.41, 5.74) is 7.47. The van der Waals surface area contributed by atoms with Crippen molar-refractivity contribution in [3.8, 4) is 0 Å². The van der Waals surface area contributed by atoms with Crippen LogP contribution in [0.5, 0.6) is 0 Å². The van der Waals surface area contributed by atoms with Gasteiger partial charge >= 0.3 is 7.12 Å². The summed E-state index contributed by atoms with van der Waals surface area (Å²) in [6.07, 6.45) is 0.249. The normalized spacial score (nSPS) is 26.9. The number of benzene rings is 1. The van der Waals surface area contributed by atoms with Crippen molar-refractivity contribution in [2.75, 3.05) is 5.73 Å². The molecule has 0 saturated carbocycles. The van der Waals surface area contributed by atoms with Crippen molar-refractivity contribution in [2.45, 2.75) is 26.1 Å². The van der Waals surface area contributed by atoms with Crippen LogP contribution in [0.4, 0.5) is 5.69 Å². The van der Waals surface area contributed by atoms with E-state index in [-0.39, 0.29) is 19.3 Å². The van der Waals surface area contributed by atoms with Crippen LogP contribution in [-0.4, -0.2) is 19.3 Å². The highest BCUT2D eigenvalue weighted by molar-refractivity contribution is 6.63. The Balaban J connectivity index is 2.21. The second-order valence-electron chi connectivity index (χ2n) is 3.64. The topological polar surface area (TPSA) is 44.5 Å². The lowest BCUT2D eigenvalue weighted by atomic mass is 9.78. The van der Waals surface area contributed by atoms with Gasteiger partial charge in [0, 0.05) is 11.2 Å². The summed E-state index contributed by atoms with van der Waals surface area (Å²) >= 11 is 0. The molecule has 0 spiro atoms. The third-order valence-corrected chi connectivity index (χ3v) is 2.59. The average Bonchev–Trinajstić information content (AvgIpc) is 2.48. The molecule has 2 unspecified atom stereocenters. The van der Waals surface area contributed by atoms with Crippen molar-refractivity contribution in [2.24, 2.45) is 0 Å². The smallest absolute Gasteiger partial charge is 0.402 e. The molecular weight excluding hydrogens is 177 g/mol. The first kappa shape index (κ1) is 9.56. The maximum atomic E-state index is 5.83. The molecule has 0 amide bonds. The van der Waals surface area contributed by atoms with E-state index < -0.39 is 0 Å². The summed E-state index contributed by atoms with van der Waals surface area (Å²) in [6, 6.07) is 7.63. The Bertz CT molecular complexity index is 322. The largest absolute Gasteiger partial charge is 0.496 e. The fourth-order valence-corrected chi connectivity index (χ4v) is 1.52. The number of anilines is 1. The molecule has 0 aromatic heterocycles. The van der Waals surface area contributed by atoms with Crippen molar-refractivity contribution in [1.82, 2.24) is 0 Å². The fourth-order valence-electron chi connectivity index (χ4n) is 1.52. The predicted molar refractivity (Wildman–Crippen MR) is 57.3 cm³/mol. The first-order chi connectivity index (χ1) is 6.68. The van der Waals surface area contributed by atoms with Crippen molar-refractivity contribution in [1.29, 1.82) is 0 Å². The SMILES string of the molecule is CC1OB(c2ccccc2N)OC1C. The summed E-state index contributed by atoms with van der Waals surface area (Å²) in [7, 11) is -0.304. The third kappa shape index (κ3) is 1.63. The Labute approximate surface area is 84.3 Å². The van der Waals surface area contributed by atoms with E-state index in [0.717, 1.165) is 11.2 Å². The molecule has 2 N–H and O–H groups in total. The average molecular weight is 191 g/mol. The van der Waals surface area contributed by atoms with Crippen LogP contribution in [0, 0.1) is 0 Å². The monoisotopic (exact) mass is 191 g/mol. The number of hydrogen-bond donors (Lipinski definition) is 1. The van der Waals surface area contributed by atoms with Crippen LogP contribution in [-0.2, 0) is 9.31 Å². The van der Waals surface area contributed by atoms with Crippen LogP contribution in [0.1, 0.15) is 13.8 Å². The van der Waals surface area contributed by atoms with Gasteiger partial charge in [0.05, 0.1) is 12.2 Å². The molecule has 1 fully saturated rings. The molecule has 1 saturated heterocycles. The van der Waals surface area contributed by atoms with E-state index in [4.69, 9.17) is 15.0 Å². The van der Waals surface area contributed by atoms with Gasteiger partial charge in [0.25, 0.3) is 0 Å². The van der Waals surface area contributed by atoms with Crippen LogP contribution in [0.25, 0.3) is 0 Å². The molecule has 1 aromatic rings. The summed E-state index contributed by atoms with van der Waals surface area (Å²) in [4.78, 5) is 0. The van der Waals surface area contributed by atoms with Crippen molar-refractivity contribution < 1.29 is 9.31 Å². The molecule has 2 rings (SSSR count). The lowest BCUT2D eigenvalue weighted by Crippen LogP contribution is -2.34. The molecular formula is C10H14BNO2. The molecule has 0 bridgehead atoms. The van der Waals surface area contributed by atoms with E-state index in [0.29, 0.717) is 0 Å². The Hall–Kier alpha value is -0.995. The molecule has 2 atom stereocenters. The van der Waals surface area contributed by atoms with Gasteiger partial charge in [-0.15, -0.1) is 0 Å². The van der Waals surface area contributed by atoms with Gasteiger partial charge in [-0.2, -0.15) is 0 Å². The van der Waals surface area contributed by atoms with Crippen LogP contribution in [0.3, 0.4) is 0 Å². The summed E-state index contributed by atoms with van der Waals surface area (Å²) in [5, 5.41) is 0. The molecule has 14 heavy (non-hydrogen) atoms. The molecule has 1 aliphatic heterocycles. The Morgan fingerprint density at radius 2 is 1.71 bits per heavy atom. The minimum atomic E-state index is -0.304. The summed E-state index contributed by atoms with van der Waals surface area (Å²) in [5.74, 6) is 0. The number of hydrogen-bond acceptors (Lipinski definition) is 3. The van der Waals surface area contributed by atoms with Gasteiger partial charge in [-0.05, 0) is 19.9 Å². The van der Waals surface area contributed by atoms with E-state index in [1.807, 2.05) is 38.1 Å². The van der Waals surface area contributed by atoms with E-state index in [9.17, 15) is 0 Å². The lowest BCUT2D eigenvalue weighted by Gasteiger charge is -2.07. The van der Waals surface area contributed by atoms with E-state index in [1.165, 1.54) is 0 Å². The third-order valence-electron chi connectivity index (χ3n) is 2.59. The van der Waals surface area contributed by atoms with Crippen LogP contribution < -0.4 is 11.2 Å². The van der Waals surface area contributed by atoms with Gasteiger partial charge < -0.3 is 15.0 Å². The van der Waals surface area contributed by atoms with Crippen molar-refractivity contribution in [3.63, 3.8) is 0 Å². The number of nitrogens with two attached hydrogens (primary N) is 1. The quantitative estimate of drug-likeness (QED) is 0.527. The van der Waals surface area contributed by atoms with Gasteiger partial charge in [-0.25, -0.2) is 0 Å². The van der Waals surface area contributed by atoms with Crippen LogP contribution in [0.15, 0.2) is 24.3 Å². The summed E-state index contributed by atoms with van der Waals surface area (Å²) < 4.78 is 11.3. The van der Waals surface area contributed by atoms with Gasteiger partial charge in [0.2, 0.25) is 0 Å². The molecule has 4 heteroatoms. The van der Waals surface area contributed by atoms with E-state index in [1.54, 1.807) is 0 Å². The zero-order chi connectivity index (χ0) is 10.1. The van der Waals surface area contributed by atoms with Crippen molar-refractivity contribution in [3.05, 3.63) is 24.3 Å². The van der Waals surface area contributed by atoms with Crippen LogP contribution >= 0.6 is 0 Å². The number of nitrogen functional groups attached to an aromatic ring is 1. The maximum Gasteiger partial charge on any atom is 0.496 e. The Morgan fingerprint density at radius 3 is 2.29 bits per heavy atom. The highest BCUT2D eigenvalue weighted by Crippen LogP contribution is 2.16. The van der Waals surface area contributed by atoms with Crippen molar-refractivity contribution >= 4 is 18.3 Å². The van der Waals surface area contributed by atoms with Crippen LogP contribution in [0.2, 0.25) is 0 Å². The first-order valence-electron chi connectivity index (χ1n) is 4.84. The minimum Gasteiger partial charge on any atom is -0.402 e. The van der Waals surface area contributed by atoms with E-state index in [2.05, 4.69) is 0 Å². The highest BCUT2D eigenvalue weighted by atomic mass is 16.7. The number of para-hydroxylation sites is 1. The molecule has 0 radical (unpaired) electrons. The Morgan fingerprint density at radius 1 is 1.14 bits per heavy atom. The van der Waals surface area contributed by atoms with Gasteiger partial charge in [0.1, 0.15) is 0 Å². The Kier molecular flexibility index (Phi) is 2.48. The summed E-state index contributed by atoms with van der Waals surface area (Å²) in [6.45, 7) is 4.01. The predicted octanol–water partition coefficient (Wildman–Crippen LogP) is 0.788. The number of rotatable bonds is 1. The lowest BCUT2D eigenvalue weighted by molar-refractivity contribution is 0.187. The standard InChI is InChI=1S/C10H14BNO2/c1-7-8(2)14-11(13-7)9-5-3-4-6-10(9)12/h3-8H,12H2,1-2H3. The zero-order valence-electron chi connectivity index (χ0n) is 8.44. The molecule has 1 aliphatic rings. The van der Waals surface area contributed by atoms with Gasteiger partial charge in [0.15, 0.2) is 0 Å². The highest BCUT2D eigenvalue weighted by Gasteiger charge is 2.36. The van der Waals surface area contributed by atoms with Gasteiger partial charge in [-0.3, -0.25) is 0 Å². The maximum absolute atomic E-state index is 5.83. The molecule has 3 nitrogen and oxygen atoms in total. The molecule has 1 aromatic carbocycles. The first-order valence-corrected chi connectivity index (χ1v) is 4.84. The fraction of sp³-hybridized carbons (Fsp3) is 0.400. The second-order valence-corrected chi connectivity index (χ2v) is 3.64. The second kappa shape index (κ2) is 3.63. The molecule has 1 heterocycles. The zero-order valence-corrected chi connectivity index (χ0v) is 8.44. The molecule has 0 aliphatic carbocycles. The molecule has 74 valence electrons.